The second-order valence-electron chi connectivity index (χ2n) is 8.69. The molecule has 1 aliphatic heterocycles. The van der Waals surface area contributed by atoms with Crippen molar-refractivity contribution < 1.29 is 9.84 Å². The first-order valence-corrected chi connectivity index (χ1v) is 11.3. The van der Waals surface area contributed by atoms with Crippen LogP contribution in [0.25, 0.3) is 0 Å². The Morgan fingerprint density at radius 1 is 0.871 bits per heavy atom. The minimum absolute atomic E-state index is 0.0954. The van der Waals surface area contributed by atoms with Gasteiger partial charge in [-0.2, -0.15) is 0 Å². The topological polar surface area (TPSA) is 32.7 Å². The van der Waals surface area contributed by atoms with Gasteiger partial charge in [0.05, 0.1) is 7.11 Å². The molecule has 0 radical (unpaired) electrons. The molecule has 3 heteroatoms. The smallest absolute Gasteiger partial charge is 0.123 e. The highest BCUT2D eigenvalue weighted by Gasteiger charge is 2.42. The molecular formula is C28H33NO2. The molecular weight excluding hydrogens is 382 g/mol. The molecule has 1 heterocycles. The SMILES string of the molecule is COc1ccc([C@](O)(c2cccc(C)c2)[C@@H](CN2CCCCC2)c2ccccc2)cc1. The van der Waals surface area contributed by atoms with E-state index >= 15 is 0 Å². The van der Waals surface area contributed by atoms with Crippen LogP contribution in [-0.4, -0.2) is 36.8 Å². The van der Waals surface area contributed by atoms with Crippen molar-refractivity contribution in [2.45, 2.75) is 37.7 Å². The predicted molar refractivity (Wildman–Crippen MR) is 127 cm³/mol. The molecule has 1 N–H and O–H groups in total. The summed E-state index contributed by atoms with van der Waals surface area (Å²) in [7, 11) is 1.67. The predicted octanol–water partition coefficient (Wildman–Crippen LogP) is 5.51. The van der Waals surface area contributed by atoms with E-state index in [2.05, 4.69) is 54.3 Å². The Morgan fingerprint density at radius 2 is 1.58 bits per heavy atom. The monoisotopic (exact) mass is 415 g/mol. The molecule has 1 saturated heterocycles. The van der Waals surface area contributed by atoms with Gasteiger partial charge in [-0.1, -0.05) is 78.7 Å². The summed E-state index contributed by atoms with van der Waals surface area (Å²) >= 11 is 0. The van der Waals surface area contributed by atoms with Crippen LogP contribution in [0, 0.1) is 6.92 Å². The molecule has 0 amide bonds. The maximum atomic E-state index is 12.6. The van der Waals surface area contributed by atoms with E-state index in [9.17, 15) is 5.11 Å². The first-order valence-electron chi connectivity index (χ1n) is 11.3. The fourth-order valence-electron chi connectivity index (χ4n) is 4.86. The third-order valence-electron chi connectivity index (χ3n) is 6.58. The molecule has 2 atom stereocenters. The average molecular weight is 416 g/mol. The van der Waals surface area contributed by atoms with Crippen molar-refractivity contribution in [1.29, 1.82) is 0 Å². The Balaban J connectivity index is 1.86. The number of aliphatic hydroxyl groups is 1. The van der Waals surface area contributed by atoms with Crippen LogP contribution >= 0.6 is 0 Å². The van der Waals surface area contributed by atoms with Crippen LogP contribution in [0.5, 0.6) is 5.75 Å². The van der Waals surface area contributed by atoms with Gasteiger partial charge >= 0.3 is 0 Å². The summed E-state index contributed by atoms with van der Waals surface area (Å²) in [6.45, 7) is 5.09. The molecule has 31 heavy (non-hydrogen) atoms. The van der Waals surface area contributed by atoms with E-state index in [1.165, 1.54) is 19.3 Å². The normalized spacial score (nSPS) is 17.6. The summed E-state index contributed by atoms with van der Waals surface area (Å²) < 4.78 is 5.38. The van der Waals surface area contributed by atoms with Gasteiger partial charge in [-0.05, 0) is 61.7 Å². The van der Waals surface area contributed by atoms with Crippen LogP contribution in [0.2, 0.25) is 0 Å². The van der Waals surface area contributed by atoms with E-state index in [-0.39, 0.29) is 5.92 Å². The largest absolute Gasteiger partial charge is 0.497 e. The van der Waals surface area contributed by atoms with Gasteiger partial charge < -0.3 is 14.7 Å². The zero-order chi connectivity index (χ0) is 21.7. The van der Waals surface area contributed by atoms with Crippen molar-refractivity contribution in [2.75, 3.05) is 26.7 Å². The summed E-state index contributed by atoms with van der Waals surface area (Å²) in [6.07, 6.45) is 3.76. The third kappa shape index (κ3) is 4.68. The molecule has 162 valence electrons. The summed E-state index contributed by atoms with van der Waals surface area (Å²) in [5.41, 5.74) is 2.98. The zero-order valence-corrected chi connectivity index (χ0v) is 18.6. The summed E-state index contributed by atoms with van der Waals surface area (Å²) in [5, 5.41) is 12.6. The Morgan fingerprint density at radius 3 is 2.23 bits per heavy atom. The number of nitrogens with zero attached hydrogens (tertiary/aromatic N) is 1. The maximum Gasteiger partial charge on any atom is 0.123 e. The molecule has 3 aromatic carbocycles. The van der Waals surface area contributed by atoms with Gasteiger partial charge in [-0.3, -0.25) is 0 Å². The Labute approximate surface area is 186 Å². The lowest BCUT2D eigenvalue weighted by Crippen LogP contribution is -2.43. The minimum atomic E-state index is -1.16. The van der Waals surface area contributed by atoms with E-state index in [0.29, 0.717) is 0 Å². The Bertz CT molecular complexity index is 964. The fourth-order valence-corrected chi connectivity index (χ4v) is 4.86. The molecule has 3 nitrogen and oxygen atoms in total. The fraction of sp³-hybridized carbons (Fsp3) is 0.357. The molecule has 0 spiro atoms. The first-order chi connectivity index (χ1) is 15.1. The van der Waals surface area contributed by atoms with Crippen LogP contribution in [0.4, 0.5) is 0 Å². The van der Waals surface area contributed by atoms with Gasteiger partial charge in [0, 0.05) is 12.5 Å². The molecule has 1 fully saturated rings. The van der Waals surface area contributed by atoms with Crippen LogP contribution in [0.3, 0.4) is 0 Å². The summed E-state index contributed by atoms with van der Waals surface area (Å²) in [6, 6.07) is 26.7. The first kappa shape index (κ1) is 21.6. The highest BCUT2D eigenvalue weighted by Crippen LogP contribution is 2.44. The average Bonchev–Trinajstić information content (AvgIpc) is 2.83. The molecule has 0 aromatic heterocycles. The number of aryl methyl sites for hydroxylation is 1. The molecule has 4 rings (SSSR count). The maximum absolute atomic E-state index is 12.6. The molecule has 0 bridgehead atoms. The zero-order valence-electron chi connectivity index (χ0n) is 18.6. The molecule has 0 saturated carbocycles. The van der Waals surface area contributed by atoms with Crippen molar-refractivity contribution in [3.63, 3.8) is 0 Å². The Kier molecular flexibility index (Phi) is 6.74. The number of likely N-dealkylation sites (tertiary alicyclic amines) is 1. The van der Waals surface area contributed by atoms with Crippen molar-refractivity contribution in [1.82, 2.24) is 4.90 Å². The van der Waals surface area contributed by atoms with Gasteiger partial charge in [0.25, 0.3) is 0 Å². The van der Waals surface area contributed by atoms with E-state index < -0.39 is 5.60 Å². The summed E-state index contributed by atoms with van der Waals surface area (Å²) in [5.74, 6) is 0.699. The van der Waals surface area contributed by atoms with E-state index in [1.807, 2.05) is 36.4 Å². The number of hydrogen-bond donors (Lipinski definition) is 1. The molecule has 0 aliphatic carbocycles. The highest BCUT2D eigenvalue weighted by atomic mass is 16.5. The lowest BCUT2D eigenvalue weighted by Gasteiger charge is -2.41. The van der Waals surface area contributed by atoms with Crippen molar-refractivity contribution in [2.24, 2.45) is 0 Å². The molecule has 1 aliphatic rings. The van der Waals surface area contributed by atoms with E-state index in [1.54, 1.807) is 7.11 Å². The van der Waals surface area contributed by atoms with Gasteiger partial charge in [-0.25, -0.2) is 0 Å². The lowest BCUT2D eigenvalue weighted by molar-refractivity contribution is 0.0309. The minimum Gasteiger partial charge on any atom is -0.497 e. The number of benzene rings is 3. The number of piperidine rings is 1. The standard InChI is InChI=1S/C28H33NO2/c1-22-10-9-13-25(20-22)28(30,24-14-16-26(31-2)17-15-24)27(23-11-5-3-6-12-23)21-29-18-7-4-8-19-29/h3,5-6,9-17,20,27,30H,4,7-8,18-19,21H2,1-2H3/t27-,28-/m0/s1. The Hall–Kier alpha value is -2.62. The van der Waals surface area contributed by atoms with Crippen LogP contribution in [0.15, 0.2) is 78.9 Å². The highest BCUT2D eigenvalue weighted by molar-refractivity contribution is 5.44. The van der Waals surface area contributed by atoms with Gasteiger partial charge in [0.2, 0.25) is 0 Å². The van der Waals surface area contributed by atoms with Crippen LogP contribution in [0.1, 0.15) is 47.4 Å². The van der Waals surface area contributed by atoms with Crippen molar-refractivity contribution in [3.05, 3.63) is 101 Å². The quantitative estimate of drug-likeness (QED) is 0.552. The third-order valence-corrected chi connectivity index (χ3v) is 6.58. The van der Waals surface area contributed by atoms with Crippen LogP contribution in [-0.2, 0) is 5.60 Å². The number of ether oxygens (including phenoxy) is 1. The van der Waals surface area contributed by atoms with E-state index in [4.69, 9.17) is 4.74 Å². The number of hydrogen-bond acceptors (Lipinski definition) is 3. The lowest BCUT2D eigenvalue weighted by atomic mass is 9.72. The van der Waals surface area contributed by atoms with Crippen molar-refractivity contribution in [3.8, 4) is 5.75 Å². The second-order valence-corrected chi connectivity index (χ2v) is 8.69. The summed E-state index contributed by atoms with van der Waals surface area (Å²) in [4.78, 5) is 2.52. The molecule has 0 unspecified atom stereocenters. The number of rotatable bonds is 7. The molecule has 3 aromatic rings. The van der Waals surface area contributed by atoms with Crippen LogP contribution < -0.4 is 4.74 Å². The van der Waals surface area contributed by atoms with Gasteiger partial charge in [0.1, 0.15) is 11.4 Å². The second kappa shape index (κ2) is 9.67. The van der Waals surface area contributed by atoms with Crippen molar-refractivity contribution >= 4 is 0 Å². The van der Waals surface area contributed by atoms with E-state index in [0.717, 1.165) is 47.6 Å². The van der Waals surface area contributed by atoms with Gasteiger partial charge in [-0.15, -0.1) is 0 Å². The van der Waals surface area contributed by atoms with Gasteiger partial charge in [0.15, 0.2) is 0 Å². The number of methoxy groups -OCH3 is 1.